The van der Waals surface area contributed by atoms with Gasteiger partial charge in [-0.15, -0.1) is 0 Å². The fourth-order valence-electron chi connectivity index (χ4n) is 2.11. The summed E-state index contributed by atoms with van der Waals surface area (Å²) in [7, 11) is 1.36. The number of para-hydroxylation sites is 2. The first kappa shape index (κ1) is 14.4. The first-order valence-corrected chi connectivity index (χ1v) is 7.06. The Morgan fingerprint density at radius 1 is 1.18 bits per heavy atom. The molecule has 1 heterocycles. The number of aromatic amines is 1. The van der Waals surface area contributed by atoms with E-state index in [0.717, 1.165) is 16.6 Å². The van der Waals surface area contributed by atoms with Crippen molar-refractivity contribution in [1.29, 1.82) is 0 Å². The number of nitrogens with one attached hydrogen (secondary N) is 1. The molecule has 110 valence electrons. The maximum absolute atomic E-state index is 11.4. The van der Waals surface area contributed by atoms with Gasteiger partial charge < -0.3 is 9.72 Å². The van der Waals surface area contributed by atoms with Crippen LogP contribution < -0.4 is 0 Å². The highest BCUT2D eigenvalue weighted by Crippen LogP contribution is 2.22. The van der Waals surface area contributed by atoms with Crippen LogP contribution in [0.15, 0.2) is 48.5 Å². The molecule has 0 amide bonds. The van der Waals surface area contributed by atoms with E-state index in [2.05, 4.69) is 14.7 Å². The monoisotopic (exact) mass is 312 g/mol. The lowest BCUT2D eigenvalue weighted by atomic mass is 10.1. The van der Waals surface area contributed by atoms with Gasteiger partial charge in [-0.25, -0.2) is 9.78 Å². The second kappa shape index (κ2) is 6.03. The Bertz CT molecular complexity index is 817. The summed E-state index contributed by atoms with van der Waals surface area (Å²) in [5.74, 6) is 0.249. The number of methoxy groups -OCH3 is 1. The van der Waals surface area contributed by atoms with Crippen molar-refractivity contribution in [2.24, 2.45) is 0 Å². The second-order valence-corrected chi connectivity index (χ2v) is 5.12. The van der Waals surface area contributed by atoms with Crippen LogP contribution in [0.3, 0.4) is 0 Å². The smallest absolute Gasteiger partial charge is 0.337 e. The molecule has 0 bridgehead atoms. The van der Waals surface area contributed by atoms with Crippen molar-refractivity contribution in [3.05, 3.63) is 65.5 Å². The number of imidazole rings is 1. The Morgan fingerprint density at radius 3 is 2.59 bits per heavy atom. The summed E-state index contributed by atoms with van der Waals surface area (Å²) >= 11 is 6.32. The van der Waals surface area contributed by atoms with Crippen molar-refractivity contribution in [3.63, 3.8) is 0 Å². The number of rotatable bonds is 3. The average molecular weight is 313 g/mol. The number of halogens is 1. The fourth-order valence-corrected chi connectivity index (χ4v) is 2.33. The summed E-state index contributed by atoms with van der Waals surface area (Å²) in [5.41, 5.74) is 3.17. The summed E-state index contributed by atoms with van der Waals surface area (Å²) in [6.45, 7) is 0. The number of ether oxygens (including phenoxy) is 1. The van der Waals surface area contributed by atoms with Crippen LogP contribution in [0.1, 0.15) is 21.7 Å². The first-order chi connectivity index (χ1) is 10.7. The van der Waals surface area contributed by atoms with Crippen LogP contribution in [0.4, 0.5) is 0 Å². The normalized spacial score (nSPS) is 11.6. The summed E-state index contributed by atoms with van der Waals surface area (Å²) < 4.78 is 4.66. The Labute approximate surface area is 132 Å². The minimum atomic E-state index is -0.362. The van der Waals surface area contributed by atoms with Crippen LogP contribution in [0.5, 0.6) is 0 Å². The van der Waals surface area contributed by atoms with Gasteiger partial charge in [-0.05, 0) is 35.9 Å². The van der Waals surface area contributed by atoms with Crippen molar-refractivity contribution in [2.75, 3.05) is 7.11 Å². The molecule has 0 unspecified atom stereocenters. The van der Waals surface area contributed by atoms with Gasteiger partial charge in [0.15, 0.2) is 0 Å². The third-order valence-electron chi connectivity index (χ3n) is 3.24. The first-order valence-electron chi connectivity index (χ1n) is 6.68. The fraction of sp³-hybridized carbons (Fsp3) is 0.0588. The molecule has 22 heavy (non-hydrogen) atoms. The van der Waals surface area contributed by atoms with Crippen LogP contribution in [0.2, 0.25) is 0 Å². The van der Waals surface area contributed by atoms with Crippen LogP contribution in [0, 0.1) is 0 Å². The van der Waals surface area contributed by atoms with Crippen LogP contribution >= 0.6 is 11.6 Å². The lowest BCUT2D eigenvalue weighted by Gasteiger charge is -2.00. The molecule has 4 nitrogen and oxygen atoms in total. The minimum Gasteiger partial charge on any atom is -0.465 e. The second-order valence-electron chi connectivity index (χ2n) is 4.71. The Hall–Kier alpha value is -2.59. The number of carbonyl (C=O) groups excluding carboxylic acids is 1. The van der Waals surface area contributed by atoms with Crippen LogP contribution in [-0.2, 0) is 4.74 Å². The van der Waals surface area contributed by atoms with Gasteiger partial charge in [-0.1, -0.05) is 35.9 Å². The van der Waals surface area contributed by atoms with Crippen LogP contribution in [-0.4, -0.2) is 23.0 Å². The SMILES string of the molecule is COC(=O)c1ccc(/C=C(\Cl)c2nc3ccccc3[nH]2)cc1. The Balaban J connectivity index is 1.88. The maximum atomic E-state index is 11.4. The largest absolute Gasteiger partial charge is 0.465 e. The van der Waals surface area contributed by atoms with Gasteiger partial charge >= 0.3 is 5.97 Å². The van der Waals surface area contributed by atoms with E-state index in [9.17, 15) is 4.79 Å². The van der Waals surface area contributed by atoms with E-state index >= 15 is 0 Å². The molecular formula is C17H13ClN2O2. The zero-order chi connectivity index (χ0) is 15.5. The van der Waals surface area contributed by atoms with Gasteiger partial charge in [-0.3, -0.25) is 0 Å². The quantitative estimate of drug-likeness (QED) is 0.741. The molecule has 0 saturated carbocycles. The van der Waals surface area contributed by atoms with Crippen molar-refractivity contribution in [2.45, 2.75) is 0 Å². The summed E-state index contributed by atoms with van der Waals surface area (Å²) in [6.07, 6.45) is 1.79. The number of esters is 1. The Kier molecular flexibility index (Phi) is 3.94. The molecule has 3 aromatic rings. The molecule has 0 spiro atoms. The lowest BCUT2D eigenvalue weighted by molar-refractivity contribution is 0.0601. The van der Waals surface area contributed by atoms with Gasteiger partial charge in [-0.2, -0.15) is 0 Å². The minimum absolute atomic E-state index is 0.362. The van der Waals surface area contributed by atoms with Gasteiger partial charge in [0.1, 0.15) is 5.82 Å². The van der Waals surface area contributed by atoms with E-state index in [-0.39, 0.29) is 5.97 Å². The standard InChI is InChI=1S/C17H13ClN2O2/c1-22-17(21)12-8-6-11(7-9-12)10-13(18)16-19-14-4-2-3-5-15(14)20-16/h2-10H,1H3,(H,19,20)/b13-10-. The van der Waals surface area contributed by atoms with Crippen molar-refractivity contribution >= 4 is 39.7 Å². The van der Waals surface area contributed by atoms with E-state index in [4.69, 9.17) is 11.6 Å². The van der Waals surface area contributed by atoms with Crippen LogP contribution in [0.25, 0.3) is 22.1 Å². The highest BCUT2D eigenvalue weighted by Gasteiger charge is 2.07. The molecule has 5 heteroatoms. The van der Waals surface area contributed by atoms with Gasteiger partial charge in [0, 0.05) is 0 Å². The lowest BCUT2D eigenvalue weighted by Crippen LogP contribution is -2.00. The molecule has 0 saturated heterocycles. The molecule has 0 aliphatic heterocycles. The number of nitrogens with zero attached hydrogens (tertiary/aromatic N) is 1. The molecule has 0 atom stereocenters. The third-order valence-corrected chi connectivity index (χ3v) is 3.53. The average Bonchev–Trinajstić information content (AvgIpc) is 2.99. The van der Waals surface area contributed by atoms with E-state index in [1.165, 1.54) is 7.11 Å². The third kappa shape index (κ3) is 2.87. The number of benzene rings is 2. The van der Waals surface area contributed by atoms with Gasteiger partial charge in [0.2, 0.25) is 0 Å². The number of H-pyrrole nitrogens is 1. The summed E-state index contributed by atoms with van der Waals surface area (Å²) in [5, 5.41) is 0.502. The predicted molar refractivity (Wildman–Crippen MR) is 87.6 cm³/mol. The van der Waals surface area contributed by atoms with Gasteiger partial charge in [0.05, 0.1) is 28.7 Å². The predicted octanol–water partition coefficient (Wildman–Crippen LogP) is 4.09. The number of carbonyl (C=O) groups is 1. The molecule has 1 N–H and O–H groups in total. The topological polar surface area (TPSA) is 55.0 Å². The van der Waals surface area contributed by atoms with E-state index in [1.807, 2.05) is 24.3 Å². The van der Waals surface area contributed by atoms with Crippen molar-refractivity contribution < 1.29 is 9.53 Å². The van der Waals surface area contributed by atoms with Crippen molar-refractivity contribution in [3.8, 4) is 0 Å². The molecule has 0 radical (unpaired) electrons. The van der Waals surface area contributed by atoms with Crippen molar-refractivity contribution in [1.82, 2.24) is 9.97 Å². The number of hydrogen-bond acceptors (Lipinski definition) is 3. The maximum Gasteiger partial charge on any atom is 0.337 e. The zero-order valence-electron chi connectivity index (χ0n) is 11.8. The number of fused-ring (bicyclic) bond motifs is 1. The summed E-state index contributed by atoms with van der Waals surface area (Å²) in [4.78, 5) is 19.0. The van der Waals surface area contributed by atoms with E-state index in [0.29, 0.717) is 16.4 Å². The molecule has 1 aromatic heterocycles. The highest BCUT2D eigenvalue weighted by atomic mass is 35.5. The molecule has 0 fully saturated rings. The molecular weight excluding hydrogens is 300 g/mol. The number of hydrogen-bond donors (Lipinski definition) is 1. The Morgan fingerprint density at radius 2 is 1.91 bits per heavy atom. The molecule has 2 aromatic carbocycles. The molecule has 3 rings (SSSR count). The van der Waals surface area contributed by atoms with Gasteiger partial charge in [0.25, 0.3) is 0 Å². The number of aromatic nitrogens is 2. The molecule has 0 aliphatic rings. The summed E-state index contributed by atoms with van der Waals surface area (Å²) in [6, 6.07) is 14.7. The molecule has 0 aliphatic carbocycles. The zero-order valence-corrected chi connectivity index (χ0v) is 12.6. The van der Waals surface area contributed by atoms with E-state index in [1.54, 1.807) is 30.3 Å². The highest BCUT2D eigenvalue weighted by molar-refractivity contribution is 6.50. The van der Waals surface area contributed by atoms with E-state index < -0.39 is 0 Å².